The van der Waals surface area contributed by atoms with Crippen LogP contribution >= 0.6 is 0 Å². The normalized spacial score (nSPS) is 12.1. The Labute approximate surface area is 163 Å². The zero-order chi connectivity index (χ0) is 19.7. The molecule has 0 saturated heterocycles. The number of aromatic nitrogens is 1. The topological polar surface area (TPSA) is 29.0 Å². The molecule has 0 spiro atoms. The second kappa shape index (κ2) is 7.15. The van der Waals surface area contributed by atoms with Gasteiger partial charge in [0.05, 0.1) is 5.69 Å². The highest BCUT2D eigenvalue weighted by molar-refractivity contribution is 5.88. The third kappa shape index (κ3) is 4.73. The molecule has 3 rings (SSSR count). The van der Waals surface area contributed by atoms with Crippen molar-refractivity contribution in [3.05, 3.63) is 66.9 Å². The summed E-state index contributed by atoms with van der Waals surface area (Å²) in [5, 5.41) is 7.48. The predicted octanol–water partition coefficient (Wildman–Crippen LogP) is 6.57. The van der Waals surface area contributed by atoms with Gasteiger partial charge in [-0.15, -0.1) is 0 Å². The Balaban J connectivity index is 2.27. The van der Waals surface area contributed by atoms with E-state index in [4.69, 9.17) is 0 Å². The fourth-order valence-corrected chi connectivity index (χ4v) is 3.11. The first-order valence-corrected chi connectivity index (χ1v) is 9.57. The lowest BCUT2D eigenvalue weighted by Crippen LogP contribution is -2.30. The summed E-state index contributed by atoms with van der Waals surface area (Å²) in [6.45, 7) is 13.2. The van der Waals surface area contributed by atoms with Gasteiger partial charge < -0.3 is 15.2 Å². The number of anilines is 2. The first-order valence-electron chi connectivity index (χ1n) is 9.57. The fourth-order valence-electron chi connectivity index (χ4n) is 3.11. The summed E-state index contributed by atoms with van der Waals surface area (Å²) in [5.41, 5.74) is 4.56. The number of nitrogens with one attached hydrogen (secondary N) is 2. The van der Waals surface area contributed by atoms with Gasteiger partial charge in [0.1, 0.15) is 5.82 Å². The van der Waals surface area contributed by atoms with Crippen LogP contribution in [0.25, 0.3) is 16.8 Å². The predicted molar refractivity (Wildman–Crippen MR) is 118 cm³/mol. The molecule has 27 heavy (non-hydrogen) atoms. The van der Waals surface area contributed by atoms with E-state index >= 15 is 0 Å². The van der Waals surface area contributed by atoms with Gasteiger partial charge in [0.25, 0.3) is 0 Å². The van der Waals surface area contributed by atoms with Crippen molar-refractivity contribution in [2.75, 3.05) is 10.6 Å². The molecule has 0 bridgehead atoms. The summed E-state index contributed by atoms with van der Waals surface area (Å²) in [7, 11) is 0. The lowest BCUT2D eigenvalue weighted by atomic mass is 10.0. The van der Waals surface area contributed by atoms with Crippen LogP contribution in [0.5, 0.6) is 0 Å². The van der Waals surface area contributed by atoms with Crippen molar-refractivity contribution in [3.8, 4) is 16.8 Å². The van der Waals surface area contributed by atoms with Crippen LogP contribution in [0.15, 0.2) is 66.9 Å². The van der Waals surface area contributed by atoms with Crippen molar-refractivity contribution in [2.24, 2.45) is 0 Å². The van der Waals surface area contributed by atoms with Gasteiger partial charge >= 0.3 is 0 Å². The lowest BCUT2D eigenvalue weighted by molar-refractivity contribution is 0.620. The van der Waals surface area contributed by atoms with E-state index in [2.05, 4.69) is 124 Å². The quantitative estimate of drug-likeness (QED) is 0.550. The van der Waals surface area contributed by atoms with Gasteiger partial charge in [-0.2, -0.15) is 0 Å². The zero-order valence-corrected chi connectivity index (χ0v) is 17.3. The fraction of sp³-hybridized carbons (Fsp3) is 0.333. The summed E-state index contributed by atoms with van der Waals surface area (Å²) in [6.07, 6.45) is 2.23. The maximum absolute atomic E-state index is 3.75. The number of hydrogen-bond acceptors (Lipinski definition) is 2. The van der Waals surface area contributed by atoms with Crippen LogP contribution in [0.1, 0.15) is 41.5 Å². The first kappa shape index (κ1) is 19.1. The highest BCUT2D eigenvalue weighted by atomic mass is 15.2. The molecule has 2 aromatic carbocycles. The summed E-state index contributed by atoms with van der Waals surface area (Å²) < 4.78 is 2.25. The zero-order valence-electron chi connectivity index (χ0n) is 17.3. The molecule has 0 atom stereocenters. The van der Waals surface area contributed by atoms with Crippen molar-refractivity contribution < 1.29 is 0 Å². The molecule has 0 amide bonds. The van der Waals surface area contributed by atoms with E-state index in [0.717, 1.165) is 17.2 Å². The molecule has 0 unspecified atom stereocenters. The van der Waals surface area contributed by atoms with E-state index in [-0.39, 0.29) is 11.1 Å². The van der Waals surface area contributed by atoms with Gasteiger partial charge in [-0.1, -0.05) is 48.5 Å². The Kier molecular flexibility index (Phi) is 5.05. The van der Waals surface area contributed by atoms with Gasteiger partial charge in [-0.3, -0.25) is 0 Å². The van der Waals surface area contributed by atoms with Gasteiger partial charge in [0.2, 0.25) is 0 Å². The number of para-hydroxylation sites is 1. The van der Waals surface area contributed by atoms with Gasteiger partial charge in [0.15, 0.2) is 0 Å². The number of hydrogen-bond donors (Lipinski definition) is 2. The lowest BCUT2D eigenvalue weighted by Gasteiger charge is -2.28. The summed E-state index contributed by atoms with van der Waals surface area (Å²) in [5.74, 6) is 1.09. The minimum absolute atomic E-state index is 0.0548. The molecule has 0 aliphatic rings. The van der Waals surface area contributed by atoms with E-state index < -0.39 is 0 Å². The second-order valence-corrected chi connectivity index (χ2v) is 9.09. The summed E-state index contributed by atoms with van der Waals surface area (Å²) >= 11 is 0. The Hall–Kier alpha value is -2.68. The van der Waals surface area contributed by atoms with E-state index in [1.165, 1.54) is 11.1 Å². The molecule has 0 radical (unpaired) electrons. The van der Waals surface area contributed by atoms with Gasteiger partial charge in [0, 0.05) is 28.5 Å². The van der Waals surface area contributed by atoms with E-state index in [9.17, 15) is 0 Å². The van der Waals surface area contributed by atoms with Gasteiger partial charge in [-0.25, -0.2) is 0 Å². The number of benzene rings is 2. The molecular weight excluding hydrogens is 330 g/mol. The van der Waals surface area contributed by atoms with E-state index in [1.807, 2.05) is 0 Å². The maximum Gasteiger partial charge on any atom is 0.135 e. The Bertz CT molecular complexity index is 805. The highest BCUT2D eigenvalue weighted by Gasteiger charge is 2.24. The minimum Gasteiger partial charge on any atom is -0.377 e. The smallest absolute Gasteiger partial charge is 0.135 e. The van der Waals surface area contributed by atoms with E-state index in [1.54, 1.807) is 0 Å². The second-order valence-electron chi connectivity index (χ2n) is 9.09. The molecular formula is C24H31N3. The molecule has 3 aromatic rings. The van der Waals surface area contributed by atoms with Crippen LogP contribution in [-0.2, 0) is 0 Å². The first-order chi connectivity index (χ1) is 12.6. The maximum atomic E-state index is 3.75. The van der Waals surface area contributed by atoms with Crippen molar-refractivity contribution in [3.63, 3.8) is 0 Å². The van der Waals surface area contributed by atoms with Gasteiger partial charge in [-0.05, 0) is 59.2 Å². The molecule has 142 valence electrons. The third-order valence-corrected chi connectivity index (χ3v) is 4.12. The molecule has 0 aliphatic carbocycles. The largest absolute Gasteiger partial charge is 0.377 e. The van der Waals surface area contributed by atoms with Crippen LogP contribution in [-0.4, -0.2) is 15.6 Å². The van der Waals surface area contributed by atoms with Crippen molar-refractivity contribution in [1.82, 2.24) is 4.57 Å². The molecule has 1 aromatic heterocycles. The van der Waals surface area contributed by atoms with Crippen LogP contribution < -0.4 is 10.6 Å². The molecule has 2 N–H and O–H groups in total. The van der Waals surface area contributed by atoms with Crippen molar-refractivity contribution >= 4 is 11.5 Å². The van der Waals surface area contributed by atoms with Crippen molar-refractivity contribution in [2.45, 2.75) is 52.6 Å². The minimum atomic E-state index is -0.0623. The van der Waals surface area contributed by atoms with Crippen molar-refractivity contribution in [1.29, 1.82) is 0 Å². The van der Waals surface area contributed by atoms with Crippen LogP contribution in [0.4, 0.5) is 11.5 Å². The van der Waals surface area contributed by atoms with Crippen LogP contribution in [0.2, 0.25) is 0 Å². The molecule has 0 saturated carbocycles. The average molecular weight is 362 g/mol. The standard InChI is InChI=1S/C24H31N3/c1-23(2,3)25-21-20(18-13-9-7-10-14-18)17-27(19-15-11-8-12-16-19)22(21)26-24(4,5)6/h7-17,25-26H,1-6H3. The SMILES string of the molecule is CC(C)(C)Nc1c(-c2ccccc2)cn(-c2ccccc2)c1NC(C)(C)C. The monoisotopic (exact) mass is 361 g/mol. The Morgan fingerprint density at radius 1 is 0.667 bits per heavy atom. The summed E-state index contributed by atoms with van der Waals surface area (Å²) in [4.78, 5) is 0. The van der Waals surface area contributed by atoms with E-state index in [0.29, 0.717) is 0 Å². The molecule has 3 heteroatoms. The Morgan fingerprint density at radius 2 is 1.19 bits per heavy atom. The highest BCUT2D eigenvalue weighted by Crippen LogP contribution is 2.41. The molecule has 3 nitrogen and oxygen atoms in total. The number of rotatable bonds is 4. The average Bonchev–Trinajstić information content (AvgIpc) is 2.91. The summed E-state index contributed by atoms with van der Waals surface area (Å²) in [6, 6.07) is 21.1. The molecule has 0 aliphatic heterocycles. The Morgan fingerprint density at radius 3 is 1.70 bits per heavy atom. The van der Waals surface area contributed by atoms with Crippen LogP contribution in [0.3, 0.4) is 0 Å². The number of nitrogens with zero attached hydrogens (tertiary/aromatic N) is 1. The molecule has 0 fully saturated rings. The molecule has 1 heterocycles. The van der Waals surface area contributed by atoms with Crippen LogP contribution in [0, 0.1) is 0 Å². The third-order valence-electron chi connectivity index (χ3n) is 4.12.